The van der Waals surface area contributed by atoms with Gasteiger partial charge in [-0.2, -0.15) is 0 Å². The van der Waals surface area contributed by atoms with E-state index in [1.54, 1.807) is 12.1 Å². The van der Waals surface area contributed by atoms with Crippen LogP contribution in [0.4, 0.5) is 4.39 Å². The highest BCUT2D eigenvalue weighted by Gasteiger charge is 2.07. The summed E-state index contributed by atoms with van der Waals surface area (Å²) in [7, 11) is 0. The lowest BCUT2D eigenvalue weighted by molar-refractivity contribution is 0.235. The summed E-state index contributed by atoms with van der Waals surface area (Å²) in [5, 5.41) is 8.80. The Balaban J connectivity index is 2.12. The average Bonchev–Trinajstić information content (AvgIpc) is 2.39. The molecular formula is C13H10BrFO4. The summed E-state index contributed by atoms with van der Waals surface area (Å²) in [6, 6.07) is 5.69. The van der Waals surface area contributed by atoms with Crippen LogP contribution in [0.5, 0.6) is 5.75 Å². The number of rotatable bonds is 4. The largest absolute Gasteiger partial charge is 0.482 e. The van der Waals surface area contributed by atoms with Gasteiger partial charge in [-0.3, -0.25) is 4.79 Å². The van der Waals surface area contributed by atoms with E-state index in [0.717, 1.165) is 12.3 Å². The highest BCUT2D eigenvalue weighted by atomic mass is 79.9. The first kappa shape index (κ1) is 13.8. The SMILES string of the molecule is O=c1cc(CO)occ1OCc1ccc(Br)cc1F. The topological polar surface area (TPSA) is 59.7 Å². The Morgan fingerprint density at radius 2 is 2.16 bits per heavy atom. The van der Waals surface area contributed by atoms with E-state index >= 15 is 0 Å². The van der Waals surface area contributed by atoms with Crippen LogP contribution in [0.15, 0.2) is 44.2 Å². The van der Waals surface area contributed by atoms with Gasteiger partial charge in [0.1, 0.15) is 31.1 Å². The van der Waals surface area contributed by atoms with Gasteiger partial charge in [-0.15, -0.1) is 0 Å². The molecule has 4 nitrogen and oxygen atoms in total. The Morgan fingerprint density at radius 1 is 1.37 bits per heavy atom. The van der Waals surface area contributed by atoms with Crippen LogP contribution in [0.1, 0.15) is 11.3 Å². The fraction of sp³-hybridized carbons (Fsp3) is 0.154. The molecule has 6 heteroatoms. The molecule has 1 N–H and O–H groups in total. The molecule has 2 rings (SSSR count). The third-order valence-electron chi connectivity index (χ3n) is 2.41. The van der Waals surface area contributed by atoms with Gasteiger partial charge in [0.25, 0.3) is 0 Å². The number of aliphatic hydroxyl groups is 1. The van der Waals surface area contributed by atoms with Crippen molar-refractivity contribution in [1.29, 1.82) is 0 Å². The van der Waals surface area contributed by atoms with E-state index in [1.807, 2.05) is 0 Å². The zero-order valence-electron chi connectivity index (χ0n) is 9.73. The first-order chi connectivity index (χ1) is 9.10. The van der Waals surface area contributed by atoms with E-state index < -0.39 is 11.2 Å². The summed E-state index contributed by atoms with van der Waals surface area (Å²) in [5.74, 6) is -0.308. The summed E-state index contributed by atoms with van der Waals surface area (Å²) >= 11 is 3.15. The molecule has 0 radical (unpaired) electrons. The van der Waals surface area contributed by atoms with Crippen LogP contribution in [0.3, 0.4) is 0 Å². The van der Waals surface area contributed by atoms with Gasteiger partial charge in [0, 0.05) is 16.1 Å². The molecule has 1 aromatic carbocycles. The molecule has 1 heterocycles. The van der Waals surface area contributed by atoms with Gasteiger partial charge in [0.05, 0.1) is 0 Å². The van der Waals surface area contributed by atoms with E-state index in [2.05, 4.69) is 15.9 Å². The normalized spacial score (nSPS) is 10.5. The van der Waals surface area contributed by atoms with Gasteiger partial charge in [-0.1, -0.05) is 22.0 Å². The molecule has 0 saturated heterocycles. The van der Waals surface area contributed by atoms with Crippen molar-refractivity contribution in [3.8, 4) is 5.75 Å². The molecule has 2 aromatic rings. The lowest BCUT2D eigenvalue weighted by atomic mass is 10.2. The smallest absolute Gasteiger partial charge is 0.227 e. The summed E-state index contributed by atoms with van der Waals surface area (Å²) in [6.07, 6.45) is 1.10. The fourth-order valence-corrected chi connectivity index (χ4v) is 1.75. The van der Waals surface area contributed by atoms with E-state index in [9.17, 15) is 9.18 Å². The Labute approximate surface area is 116 Å². The van der Waals surface area contributed by atoms with Gasteiger partial charge >= 0.3 is 0 Å². The van der Waals surface area contributed by atoms with Gasteiger partial charge in [0.2, 0.25) is 11.2 Å². The molecule has 0 aliphatic carbocycles. The van der Waals surface area contributed by atoms with Crippen LogP contribution in [0.25, 0.3) is 0 Å². The molecule has 19 heavy (non-hydrogen) atoms. The van der Waals surface area contributed by atoms with Crippen molar-refractivity contribution in [2.24, 2.45) is 0 Å². The number of halogens is 2. The Hall–Kier alpha value is -1.66. The zero-order valence-corrected chi connectivity index (χ0v) is 11.3. The van der Waals surface area contributed by atoms with Gasteiger partial charge < -0.3 is 14.3 Å². The molecule has 100 valence electrons. The standard InChI is InChI=1S/C13H10BrFO4/c14-9-2-1-8(11(15)3-9)6-19-13-7-18-10(5-16)4-12(13)17/h1-4,7,16H,5-6H2. The minimum Gasteiger partial charge on any atom is -0.482 e. The third-order valence-corrected chi connectivity index (χ3v) is 2.90. The molecule has 0 saturated carbocycles. The number of hydrogen-bond donors (Lipinski definition) is 1. The van der Waals surface area contributed by atoms with Crippen molar-refractivity contribution in [3.05, 3.63) is 62.4 Å². The Morgan fingerprint density at radius 3 is 2.79 bits per heavy atom. The second kappa shape index (κ2) is 5.99. The lowest BCUT2D eigenvalue weighted by Gasteiger charge is -2.06. The van der Waals surface area contributed by atoms with Crippen molar-refractivity contribution < 1.29 is 18.7 Å². The quantitative estimate of drug-likeness (QED) is 0.937. The summed E-state index contributed by atoms with van der Waals surface area (Å²) in [5.41, 5.74) is -0.0957. The van der Waals surface area contributed by atoms with Crippen LogP contribution >= 0.6 is 15.9 Å². The monoisotopic (exact) mass is 328 g/mol. The van der Waals surface area contributed by atoms with E-state index in [-0.39, 0.29) is 24.7 Å². The predicted molar refractivity (Wildman–Crippen MR) is 69.3 cm³/mol. The molecule has 0 spiro atoms. The maximum atomic E-state index is 13.5. The third kappa shape index (κ3) is 3.42. The second-order valence-electron chi connectivity index (χ2n) is 3.76. The maximum Gasteiger partial charge on any atom is 0.227 e. The summed E-state index contributed by atoms with van der Waals surface area (Å²) < 4.78 is 24.3. The molecular weight excluding hydrogens is 319 g/mol. The van der Waals surface area contributed by atoms with Crippen LogP contribution in [0, 0.1) is 5.82 Å². The van der Waals surface area contributed by atoms with Gasteiger partial charge in [-0.25, -0.2) is 4.39 Å². The fourth-order valence-electron chi connectivity index (χ4n) is 1.42. The molecule has 0 atom stereocenters. The first-order valence-electron chi connectivity index (χ1n) is 5.39. The van der Waals surface area contributed by atoms with Crippen LogP contribution < -0.4 is 10.2 Å². The number of benzene rings is 1. The van der Waals surface area contributed by atoms with E-state index in [4.69, 9.17) is 14.3 Å². The maximum absolute atomic E-state index is 13.5. The molecule has 0 fully saturated rings. The van der Waals surface area contributed by atoms with Crippen molar-refractivity contribution in [2.75, 3.05) is 0 Å². The molecule has 0 aliphatic heterocycles. The van der Waals surface area contributed by atoms with Crippen molar-refractivity contribution >= 4 is 15.9 Å². The lowest BCUT2D eigenvalue weighted by Crippen LogP contribution is -2.08. The van der Waals surface area contributed by atoms with Crippen LogP contribution in [-0.2, 0) is 13.2 Å². The van der Waals surface area contributed by atoms with E-state index in [0.29, 0.717) is 10.0 Å². The average molecular weight is 329 g/mol. The van der Waals surface area contributed by atoms with Crippen molar-refractivity contribution in [1.82, 2.24) is 0 Å². The molecule has 1 aromatic heterocycles. The van der Waals surface area contributed by atoms with E-state index in [1.165, 1.54) is 6.07 Å². The van der Waals surface area contributed by atoms with Crippen molar-refractivity contribution in [2.45, 2.75) is 13.2 Å². The first-order valence-corrected chi connectivity index (χ1v) is 6.19. The second-order valence-corrected chi connectivity index (χ2v) is 4.67. The number of ether oxygens (including phenoxy) is 1. The molecule has 0 amide bonds. The molecule has 0 unspecified atom stereocenters. The Bertz CT molecular complexity index is 639. The molecule has 0 aliphatic rings. The summed E-state index contributed by atoms with van der Waals surface area (Å²) in [4.78, 5) is 11.6. The molecule has 0 bridgehead atoms. The Kier molecular flexibility index (Phi) is 4.34. The highest BCUT2D eigenvalue weighted by molar-refractivity contribution is 9.10. The highest BCUT2D eigenvalue weighted by Crippen LogP contribution is 2.17. The van der Waals surface area contributed by atoms with Crippen molar-refractivity contribution in [3.63, 3.8) is 0 Å². The predicted octanol–water partition coefficient (Wildman–Crippen LogP) is 2.61. The van der Waals surface area contributed by atoms with Gasteiger partial charge in [-0.05, 0) is 12.1 Å². The van der Waals surface area contributed by atoms with Crippen LogP contribution in [-0.4, -0.2) is 5.11 Å². The van der Waals surface area contributed by atoms with Crippen LogP contribution in [0.2, 0.25) is 0 Å². The minimum absolute atomic E-state index is 0.0282. The minimum atomic E-state index is -0.425. The number of hydrogen-bond acceptors (Lipinski definition) is 4. The van der Waals surface area contributed by atoms with Gasteiger partial charge in [0.15, 0.2) is 0 Å². The summed E-state index contributed by atoms with van der Waals surface area (Å²) in [6.45, 7) is -0.445. The number of aliphatic hydroxyl groups excluding tert-OH is 1. The zero-order chi connectivity index (χ0) is 13.8.